The van der Waals surface area contributed by atoms with Crippen LogP contribution in [-0.2, 0) is 15.7 Å². The number of ketones is 1. The molecule has 6 N–H and O–H groups in total. The fraction of sp³-hybridized carbons (Fsp3) is 0.364. The van der Waals surface area contributed by atoms with E-state index in [4.69, 9.17) is 9.47 Å². The lowest BCUT2D eigenvalue weighted by atomic mass is 9.97. The van der Waals surface area contributed by atoms with Gasteiger partial charge in [-0.15, -0.1) is 0 Å². The SMILES string of the molecule is CC(=O)N[C@H]1[C@H](Oc2ccc(C(=O)c3ccc(C(F)(F)F)cc3)cc2)O[C@H](CO)[C@@H](O)[C@@H]1O.O. The maximum Gasteiger partial charge on any atom is 0.416 e. The number of benzene rings is 2. The van der Waals surface area contributed by atoms with Crippen molar-refractivity contribution in [2.24, 2.45) is 0 Å². The molecule has 2 aromatic carbocycles. The molecule has 1 fully saturated rings. The van der Waals surface area contributed by atoms with Crippen molar-refractivity contribution >= 4 is 11.7 Å². The number of alkyl halides is 3. The van der Waals surface area contributed by atoms with Crippen LogP contribution in [-0.4, -0.2) is 69.7 Å². The Hall–Kier alpha value is -3.03. The first-order valence-corrected chi connectivity index (χ1v) is 9.89. The van der Waals surface area contributed by atoms with Gasteiger partial charge in [-0.05, 0) is 36.4 Å². The Morgan fingerprint density at radius 1 is 1.00 bits per heavy atom. The van der Waals surface area contributed by atoms with Gasteiger partial charge in [0.1, 0.15) is 30.1 Å². The van der Waals surface area contributed by atoms with Crippen molar-refractivity contribution in [3.05, 3.63) is 65.2 Å². The molecule has 1 aliphatic heterocycles. The molecule has 9 nitrogen and oxygen atoms in total. The summed E-state index contributed by atoms with van der Waals surface area (Å²) in [5.41, 5.74) is -0.604. The first-order valence-electron chi connectivity index (χ1n) is 9.89. The molecule has 0 aliphatic carbocycles. The van der Waals surface area contributed by atoms with Crippen LogP contribution in [0.4, 0.5) is 13.2 Å². The molecular weight excluding hydrogens is 463 g/mol. The first kappa shape index (κ1) is 27.2. The highest BCUT2D eigenvalue weighted by atomic mass is 19.4. The summed E-state index contributed by atoms with van der Waals surface area (Å²) in [7, 11) is 0. The van der Waals surface area contributed by atoms with E-state index in [1.54, 1.807) is 0 Å². The molecule has 3 rings (SSSR count). The van der Waals surface area contributed by atoms with Crippen LogP contribution >= 0.6 is 0 Å². The lowest BCUT2D eigenvalue weighted by molar-refractivity contribution is -0.244. The summed E-state index contributed by atoms with van der Waals surface area (Å²) >= 11 is 0. The molecule has 0 unspecified atom stereocenters. The molecule has 34 heavy (non-hydrogen) atoms. The van der Waals surface area contributed by atoms with Gasteiger partial charge in [0.2, 0.25) is 12.2 Å². The normalized spacial score (nSPS) is 24.6. The minimum Gasteiger partial charge on any atom is -0.463 e. The third-order valence-corrected chi connectivity index (χ3v) is 5.09. The van der Waals surface area contributed by atoms with Crippen molar-refractivity contribution in [2.45, 2.75) is 43.7 Å². The van der Waals surface area contributed by atoms with E-state index in [2.05, 4.69) is 5.32 Å². The van der Waals surface area contributed by atoms with E-state index in [0.717, 1.165) is 24.3 Å². The van der Waals surface area contributed by atoms with Crippen LogP contribution in [0.2, 0.25) is 0 Å². The van der Waals surface area contributed by atoms with Crippen molar-refractivity contribution in [2.75, 3.05) is 6.61 Å². The lowest BCUT2D eigenvalue weighted by Crippen LogP contribution is -2.65. The summed E-state index contributed by atoms with van der Waals surface area (Å²) < 4.78 is 49.2. The van der Waals surface area contributed by atoms with Gasteiger partial charge in [-0.1, -0.05) is 12.1 Å². The van der Waals surface area contributed by atoms with Gasteiger partial charge in [0.25, 0.3) is 0 Å². The fourth-order valence-corrected chi connectivity index (χ4v) is 3.37. The number of carbonyl (C=O) groups is 2. The number of nitrogens with one attached hydrogen (secondary N) is 1. The number of hydrogen-bond acceptors (Lipinski definition) is 7. The van der Waals surface area contributed by atoms with E-state index >= 15 is 0 Å². The zero-order chi connectivity index (χ0) is 24.3. The standard InChI is InChI=1S/C22H22F3NO7.H2O/c1-11(28)26-17-20(31)19(30)16(10-27)33-21(17)32-15-8-4-13(5-9-15)18(29)12-2-6-14(7-3-12)22(23,24)25;/h2-9,16-17,19-21,27,30-31H,10H2,1H3,(H,26,28);1H2/t16-,17-,19-,20-,21-;/m1./s1. The van der Waals surface area contributed by atoms with Gasteiger partial charge in [-0.25, -0.2) is 0 Å². The van der Waals surface area contributed by atoms with Gasteiger partial charge in [0.15, 0.2) is 5.78 Å². The minimum absolute atomic E-state index is 0. The average Bonchev–Trinajstić information content (AvgIpc) is 2.78. The number of amides is 1. The summed E-state index contributed by atoms with van der Waals surface area (Å²) in [4.78, 5) is 24.0. The topological polar surface area (TPSA) is 157 Å². The number of rotatable bonds is 6. The second-order valence-corrected chi connectivity index (χ2v) is 7.48. The Morgan fingerprint density at radius 3 is 2.00 bits per heavy atom. The van der Waals surface area contributed by atoms with E-state index in [-0.39, 0.29) is 22.4 Å². The molecule has 1 aliphatic rings. The van der Waals surface area contributed by atoms with Crippen molar-refractivity contribution in [3.8, 4) is 5.75 Å². The Balaban J connectivity index is 0.00000408. The number of aliphatic hydroxyl groups is 3. The van der Waals surface area contributed by atoms with E-state index in [9.17, 15) is 38.1 Å². The Kier molecular flexibility index (Phi) is 8.75. The summed E-state index contributed by atoms with van der Waals surface area (Å²) in [6, 6.07) is 8.26. The molecule has 2 aromatic rings. The zero-order valence-corrected chi connectivity index (χ0v) is 17.8. The number of hydrogen-bond donors (Lipinski definition) is 4. The van der Waals surface area contributed by atoms with E-state index < -0.39 is 60.7 Å². The second-order valence-electron chi connectivity index (χ2n) is 7.48. The van der Waals surface area contributed by atoms with Crippen molar-refractivity contribution < 1.29 is 53.0 Å². The van der Waals surface area contributed by atoms with E-state index in [1.807, 2.05) is 0 Å². The van der Waals surface area contributed by atoms with Crippen LogP contribution in [0.1, 0.15) is 28.4 Å². The van der Waals surface area contributed by atoms with Gasteiger partial charge in [0.05, 0.1) is 12.2 Å². The Labute approximate surface area is 192 Å². The maximum absolute atomic E-state index is 12.7. The van der Waals surface area contributed by atoms with Gasteiger partial charge in [0, 0.05) is 18.1 Å². The van der Waals surface area contributed by atoms with Crippen LogP contribution in [0.5, 0.6) is 5.75 Å². The molecule has 1 heterocycles. The molecule has 0 radical (unpaired) electrons. The predicted molar refractivity (Wildman–Crippen MR) is 111 cm³/mol. The highest BCUT2D eigenvalue weighted by molar-refractivity contribution is 6.09. The number of carbonyl (C=O) groups excluding carboxylic acids is 2. The maximum atomic E-state index is 12.7. The molecule has 0 saturated carbocycles. The molecule has 0 aromatic heterocycles. The molecule has 5 atom stereocenters. The van der Waals surface area contributed by atoms with Crippen molar-refractivity contribution in [1.82, 2.24) is 5.32 Å². The summed E-state index contributed by atoms with van der Waals surface area (Å²) in [5, 5.41) is 32.1. The monoisotopic (exact) mass is 487 g/mol. The highest BCUT2D eigenvalue weighted by Gasteiger charge is 2.46. The largest absolute Gasteiger partial charge is 0.463 e. The number of ether oxygens (including phenoxy) is 2. The molecule has 12 heteroatoms. The highest BCUT2D eigenvalue weighted by Crippen LogP contribution is 2.30. The predicted octanol–water partition coefficient (Wildman–Crippen LogP) is 0.434. The Morgan fingerprint density at radius 2 is 1.53 bits per heavy atom. The van der Waals surface area contributed by atoms with Gasteiger partial charge < -0.3 is 35.6 Å². The Bertz CT molecular complexity index is 981. The van der Waals surface area contributed by atoms with Crippen LogP contribution < -0.4 is 10.1 Å². The van der Waals surface area contributed by atoms with E-state index in [0.29, 0.717) is 0 Å². The fourth-order valence-electron chi connectivity index (χ4n) is 3.37. The summed E-state index contributed by atoms with van der Waals surface area (Å²) in [6.45, 7) is 0.599. The molecular formula is C22H24F3NO8. The smallest absolute Gasteiger partial charge is 0.416 e. The third-order valence-electron chi connectivity index (χ3n) is 5.09. The molecule has 0 bridgehead atoms. The quantitative estimate of drug-likeness (QED) is 0.431. The average molecular weight is 487 g/mol. The van der Waals surface area contributed by atoms with Crippen LogP contribution in [0, 0.1) is 0 Å². The van der Waals surface area contributed by atoms with Gasteiger partial charge in [-0.2, -0.15) is 13.2 Å². The first-order chi connectivity index (χ1) is 15.5. The zero-order valence-electron chi connectivity index (χ0n) is 17.8. The number of halogens is 3. The molecule has 1 amide bonds. The van der Waals surface area contributed by atoms with Crippen molar-refractivity contribution in [1.29, 1.82) is 0 Å². The third kappa shape index (κ3) is 6.10. The lowest BCUT2D eigenvalue weighted by Gasteiger charge is -2.42. The minimum atomic E-state index is -4.50. The summed E-state index contributed by atoms with van der Waals surface area (Å²) in [6.07, 6.45) is -9.87. The van der Waals surface area contributed by atoms with Gasteiger partial charge >= 0.3 is 6.18 Å². The second kappa shape index (κ2) is 10.9. The molecule has 0 spiro atoms. The summed E-state index contributed by atoms with van der Waals surface area (Å²) in [5.74, 6) is -0.831. The van der Waals surface area contributed by atoms with Gasteiger partial charge in [-0.3, -0.25) is 9.59 Å². The van der Waals surface area contributed by atoms with Crippen molar-refractivity contribution in [3.63, 3.8) is 0 Å². The van der Waals surface area contributed by atoms with Crippen LogP contribution in [0.3, 0.4) is 0 Å². The van der Waals surface area contributed by atoms with E-state index in [1.165, 1.54) is 31.2 Å². The number of aliphatic hydroxyl groups excluding tert-OH is 3. The van der Waals surface area contributed by atoms with Crippen LogP contribution in [0.15, 0.2) is 48.5 Å². The molecule has 186 valence electrons. The molecule has 1 saturated heterocycles. The van der Waals surface area contributed by atoms with Crippen LogP contribution in [0.25, 0.3) is 0 Å².